The Labute approximate surface area is 199 Å². The van der Waals surface area contributed by atoms with E-state index in [0.29, 0.717) is 16.7 Å². The summed E-state index contributed by atoms with van der Waals surface area (Å²) in [7, 11) is 0. The summed E-state index contributed by atoms with van der Waals surface area (Å²) in [5.74, 6) is -3.72. The van der Waals surface area contributed by atoms with Crippen LogP contribution in [0.2, 0.25) is 0 Å². The Bertz CT molecular complexity index is 1050. The van der Waals surface area contributed by atoms with E-state index in [4.69, 9.17) is 9.47 Å². The number of Topliss-reactive ketones (excluding diaryl/α,β-unsaturated/α-hetero) is 1. The Kier molecular flexibility index (Phi) is 5.55. The molecule has 0 bridgehead atoms. The highest BCUT2D eigenvalue weighted by molar-refractivity contribution is 6.04. The van der Waals surface area contributed by atoms with Gasteiger partial charge in [0.05, 0.1) is 12.2 Å². The van der Waals surface area contributed by atoms with Crippen LogP contribution in [0.1, 0.15) is 54.4 Å². The van der Waals surface area contributed by atoms with Crippen LogP contribution in [0.5, 0.6) is 0 Å². The SMILES string of the molecule is C/C=C(\C)C(=O)O[C@@H]1C[C@@]2(O)[C@@H](C=C(CO)C[C@]3(O)C(=O)C(C)=C[C@@H]23)[C@@H]2C(C)(C)[C@@]21OC(C)=O. The van der Waals surface area contributed by atoms with Gasteiger partial charge in [-0.05, 0) is 31.9 Å². The Morgan fingerprint density at radius 3 is 2.41 bits per heavy atom. The molecular formula is C26H34O8. The predicted molar refractivity (Wildman–Crippen MR) is 121 cm³/mol. The Balaban J connectivity index is 1.90. The van der Waals surface area contributed by atoms with Gasteiger partial charge in [-0.3, -0.25) is 9.59 Å². The molecule has 8 heteroatoms. The van der Waals surface area contributed by atoms with Crippen molar-refractivity contribution < 1.29 is 39.2 Å². The number of hydrogen-bond acceptors (Lipinski definition) is 8. The summed E-state index contributed by atoms with van der Waals surface area (Å²) in [5.41, 5.74) is -4.35. The molecule has 3 N–H and O–H groups in total. The number of carbonyl (C=O) groups is 3. The Morgan fingerprint density at radius 1 is 1.21 bits per heavy atom. The van der Waals surface area contributed by atoms with E-state index in [1.807, 2.05) is 13.8 Å². The van der Waals surface area contributed by atoms with Crippen molar-refractivity contribution in [3.63, 3.8) is 0 Å². The molecule has 0 radical (unpaired) electrons. The third-order valence-corrected chi connectivity index (χ3v) is 8.74. The molecule has 4 aliphatic carbocycles. The second-order valence-electron chi connectivity index (χ2n) is 10.9. The van der Waals surface area contributed by atoms with E-state index < -0.39 is 63.8 Å². The first kappa shape index (κ1) is 24.8. The van der Waals surface area contributed by atoms with Crippen molar-refractivity contribution in [2.75, 3.05) is 6.61 Å². The van der Waals surface area contributed by atoms with Gasteiger partial charge in [0.25, 0.3) is 0 Å². The third-order valence-electron chi connectivity index (χ3n) is 8.74. The molecule has 0 aliphatic heterocycles. The molecule has 0 amide bonds. The van der Waals surface area contributed by atoms with Crippen LogP contribution in [0.3, 0.4) is 0 Å². The average Bonchev–Trinajstić information content (AvgIpc) is 3.18. The van der Waals surface area contributed by atoms with E-state index in [1.165, 1.54) is 6.92 Å². The van der Waals surface area contributed by atoms with Crippen LogP contribution in [0.4, 0.5) is 0 Å². The second-order valence-corrected chi connectivity index (χ2v) is 10.9. The van der Waals surface area contributed by atoms with Crippen molar-refractivity contribution in [3.8, 4) is 0 Å². The van der Waals surface area contributed by atoms with Gasteiger partial charge in [0.1, 0.15) is 11.7 Å². The van der Waals surface area contributed by atoms with Gasteiger partial charge >= 0.3 is 11.9 Å². The minimum absolute atomic E-state index is 0.116. The number of rotatable bonds is 4. The van der Waals surface area contributed by atoms with Crippen LogP contribution in [0, 0.1) is 23.2 Å². The molecule has 4 aliphatic rings. The molecule has 4 rings (SSSR count). The van der Waals surface area contributed by atoms with Gasteiger partial charge in [-0.2, -0.15) is 0 Å². The Morgan fingerprint density at radius 2 is 1.85 bits per heavy atom. The summed E-state index contributed by atoms with van der Waals surface area (Å²) < 4.78 is 11.8. The number of allylic oxidation sites excluding steroid dienone is 1. The van der Waals surface area contributed by atoms with Crippen LogP contribution in [0.25, 0.3) is 0 Å². The Hall–Kier alpha value is -2.29. The minimum Gasteiger partial charge on any atom is -0.455 e. The van der Waals surface area contributed by atoms with Crippen molar-refractivity contribution in [1.29, 1.82) is 0 Å². The van der Waals surface area contributed by atoms with Gasteiger partial charge in [0, 0.05) is 48.5 Å². The number of aliphatic hydroxyl groups excluding tert-OH is 1. The summed E-state index contributed by atoms with van der Waals surface area (Å²) >= 11 is 0. The molecule has 2 saturated carbocycles. The normalized spacial score (nSPS) is 42.4. The summed E-state index contributed by atoms with van der Waals surface area (Å²) in [4.78, 5) is 38.0. The van der Waals surface area contributed by atoms with Gasteiger partial charge in [-0.15, -0.1) is 0 Å². The lowest BCUT2D eigenvalue weighted by atomic mass is 9.63. The van der Waals surface area contributed by atoms with E-state index in [-0.39, 0.29) is 19.4 Å². The molecule has 0 aromatic carbocycles. The van der Waals surface area contributed by atoms with E-state index in [0.717, 1.165) is 0 Å². The van der Waals surface area contributed by atoms with E-state index in [1.54, 1.807) is 39.0 Å². The fraction of sp³-hybridized carbons (Fsp3) is 0.654. The zero-order chi connectivity index (χ0) is 25.4. The van der Waals surface area contributed by atoms with E-state index in [2.05, 4.69) is 0 Å². The van der Waals surface area contributed by atoms with E-state index >= 15 is 0 Å². The standard InChI is InChI=1S/C26H34O8/c1-7-13(2)22(30)33-19-11-24(31)17(20-23(5,6)26(19,20)34-15(4)28)9-16(12-27)10-25(32)18(24)8-14(3)21(25)29/h7-9,17-20,27,31-32H,10-12H2,1-6H3/b13-7+/t17-,18-,19+,20+,24+,25+,26-/m0/s1. The predicted octanol–water partition coefficient (Wildman–Crippen LogP) is 1.77. The molecule has 7 atom stereocenters. The number of hydrogen-bond donors (Lipinski definition) is 3. The van der Waals surface area contributed by atoms with Crippen molar-refractivity contribution in [3.05, 3.63) is 34.9 Å². The lowest BCUT2D eigenvalue weighted by Crippen LogP contribution is -2.61. The molecule has 0 spiro atoms. The maximum absolute atomic E-state index is 13.0. The van der Waals surface area contributed by atoms with Crippen LogP contribution < -0.4 is 0 Å². The largest absolute Gasteiger partial charge is 0.455 e. The van der Waals surface area contributed by atoms with Crippen molar-refractivity contribution in [2.45, 2.75) is 77.3 Å². The van der Waals surface area contributed by atoms with Gasteiger partial charge < -0.3 is 24.8 Å². The lowest BCUT2D eigenvalue weighted by Gasteiger charge is -2.48. The third kappa shape index (κ3) is 3.04. The quantitative estimate of drug-likeness (QED) is 0.319. The number of fused-ring (bicyclic) bond motifs is 5. The summed E-state index contributed by atoms with van der Waals surface area (Å²) in [6.45, 7) is 9.59. The first-order valence-electron chi connectivity index (χ1n) is 11.7. The molecule has 0 heterocycles. The van der Waals surface area contributed by atoms with Crippen molar-refractivity contribution >= 4 is 17.7 Å². The molecule has 186 valence electrons. The zero-order valence-corrected chi connectivity index (χ0v) is 20.5. The number of ether oxygens (including phenoxy) is 2. The number of esters is 2. The molecule has 0 saturated heterocycles. The van der Waals surface area contributed by atoms with E-state index in [9.17, 15) is 29.7 Å². The summed E-state index contributed by atoms with van der Waals surface area (Å²) in [6.07, 6.45) is 3.66. The van der Waals surface area contributed by atoms with Crippen LogP contribution in [-0.4, -0.2) is 62.6 Å². The fourth-order valence-electron chi connectivity index (χ4n) is 7.01. The zero-order valence-electron chi connectivity index (χ0n) is 20.5. The number of ketones is 1. The molecular weight excluding hydrogens is 440 g/mol. The highest BCUT2D eigenvalue weighted by Gasteiger charge is 2.86. The monoisotopic (exact) mass is 474 g/mol. The first-order valence-corrected chi connectivity index (χ1v) is 11.7. The van der Waals surface area contributed by atoms with Crippen LogP contribution >= 0.6 is 0 Å². The van der Waals surface area contributed by atoms with Crippen molar-refractivity contribution in [2.24, 2.45) is 23.2 Å². The minimum atomic E-state index is -1.92. The van der Waals surface area contributed by atoms with Crippen LogP contribution in [-0.2, 0) is 23.9 Å². The topological polar surface area (TPSA) is 130 Å². The highest BCUT2D eigenvalue weighted by Crippen LogP contribution is 2.76. The maximum atomic E-state index is 13.0. The average molecular weight is 475 g/mol. The molecule has 34 heavy (non-hydrogen) atoms. The molecule has 0 aromatic rings. The maximum Gasteiger partial charge on any atom is 0.333 e. The fourth-order valence-corrected chi connectivity index (χ4v) is 7.01. The molecule has 8 nitrogen and oxygen atoms in total. The van der Waals surface area contributed by atoms with Gasteiger partial charge in [0.15, 0.2) is 11.4 Å². The molecule has 0 unspecified atom stereocenters. The van der Waals surface area contributed by atoms with Gasteiger partial charge in [-0.1, -0.05) is 32.1 Å². The second kappa shape index (κ2) is 7.60. The van der Waals surface area contributed by atoms with Crippen molar-refractivity contribution in [1.82, 2.24) is 0 Å². The van der Waals surface area contributed by atoms with Gasteiger partial charge in [-0.25, -0.2) is 4.79 Å². The molecule has 0 aromatic heterocycles. The molecule has 2 fully saturated rings. The smallest absolute Gasteiger partial charge is 0.333 e. The highest BCUT2D eigenvalue weighted by atomic mass is 16.6. The van der Waals surface area contributed by atoms with Gasteiger partial charge in [0.2, 0.25) is 0 Å². The lowest BCUT2D eigenvalue weighted by molar-refractivity contribution is -0.204. The number of carbonyl (C=O) groups excluding carboxylic acids is 3. The summed E-state index contributed by atoms with van der Waals surface area (Å²) in [6, 6.07) is 0. The first-order chi connectivity index (χ1) is 15.7. The summed E-state index contributed by atoms with van der Waals surface area (Å²) in [5, 5.41) is 33.9. The van der Waals surface area contributed by atoms with Crippen LogP contribution in [0.15, 0.2) is 34.9 Å². The number of aliphatic hydroxyl groups is 3.